The van der Waals surface area contributed by atoms with Crippen molar-refractivity contribution in [3.8, 4) is 0 Å². The van der Waals surface area contributed by atoms with Crippen LogP contribution in [0.4, 0.5) is 0 Å². The van der Waals surface area contributed by atoms with Crippen molar-refractivity contribution < 1.29 is 4.79 Å². The largest absolute Gasteiger partial charge is 0.300 e. The number of hydrogen-bond acceptors (Lipinski definition) is 1. The maximum Gasteiger partial charge on any atom is 0.132 e. The van der Waals surface area contributed by atoms with Crippen LogP contribution in [0.2, 0.25) is 0 Å². The molecule has 0 rings (SSSR count). The SMILES string of the molecule is C=CC(CC)CCCC(=O)CCCCCCCCCC. The summed E-state index contributed by atoms with van der Waals surface area (Å²) in [5.41, 5.74) is 0. The lowest BCUT2D eigenvalue weighted by atomic mass is 9.97. The highest BCUT2D eigenvalue weighted by Gasteiger charge is 2.05. The van der Waals surface area contributed by atoms with E-state index in [-0.39, 0.29) is 0 Å². The summed E-state index contributed by atoms with van der Waals surface area (Å²) in [5.74, 6) is 1.07. The highest BCUT2D eigenvalue weighted by molar-refractivity contribution is 5.78. The second kappa shape index (κ2) is 14.8. The molecule has 0 saturated carbocycles. The van der Waals surface area contributed by atoms with E-state index in [9.17, 15) is 4.79 Å². The van der Waals surface area contributed by atoms with Crippen molar-refractivity contribution >= 4 is 5.78 Å². The summed E-state index contributed by atoms with van der Waals surface area (Å²) >= 11 is 0. The monoisotopic (exact) mass is 280 g/mol. The Kier molecular flexibility index (Phi) is 14.4. The van der Waals surface area contributed by atoms with Gasteiger partial charge in [0.2, 0.25) is 0 Å². The van der Waals surface area contributed by atoms with Crippen LogP contribution in [-0.4, -0.2) is 5.78 Å². The Morgan fingerprint density at radius 2 is 1.45 bits per heavy atom. The number of carbonyl (C=O) groups excluding carboxylic acids is 1. The molecule has 0 spiro atoms. The Bertz CT molecular complexity index is 232. The maximum absolute atomic E-state index is 11.7. The van der Waals surface area contributed by atoms with E-state index in [0.29, 0.717) is 11.7 Å². The number of allylic oxidation sites excluding steroid dienone is 1. The van der Waals surface area contributed by atoms with Crippen LogP contribution in [-0.2, 0) is 4.79 Å². The predicted molar refractivity (Wildman–Crippen MR) is 90.1 cm³/mol. The van der Waals surface area contributed by atoms with Crippen molar-refractivity contribution in [2.45, 2.75) is 97.3 Å². The molecule has 0 aliphatic heterocycles. The van der Waals surface area contributed by atoms with Crippen molar-refractivity contribution in [3.63, 3.8) is 0 Å². The molecule has 0 radical (unpaired) electrons. The highest BCUT2D eigenvalue weighted by Crippen LogP contribution is 2.15. The Labute approximate surface area is 127 Å². The Morgan fingerprint density at radius 3 is 2.00 bits per heavy atom. The van der Waals surface area contributed by atoms with Gasteiger partial charge in [-0.1, -0.05) is 64.9 Å². The molecule has 0 aromatic heterocycles. The Hall–Kier alpha value is -0.590. The van der Waals surface area contributed by atoms with Gasteiger partial charge in [-0.05, 0) is 31.6 Å². The van der Waals surface area contributed by atoms with E-state index in [0.717, 1.165) is 38.5 Å². The maximum atomic E-state index is 11.7. The van der Waals surface area contributed by atoms with Crippen LogP contribution in [0.1, 0.15) is 97.3 Å². The molecule has 0 aliphatic carbocycles. The third kappa shape index (κ3) is 12.4. The number of hydrogen-bond donors (Lipinski definition) is 0. The lowest BCUT2D eigenvalue weighted by Crippen LogP contribution is -2.00. The van der Waals surface area contributed by atoms with Crippen LogP contribution in [0, 0.1) is 5.92 Å². The van der Waals surface area contributed by atoms with Gasteiger partial charge in [-0.3, -0.25) is 4.79 Å². The molecule has 1 heteroatoms. The number of rotatable bonds is 15. The van der Waals surface area contributed by atoms with Crippen LogP contribution < -0.4 is 0 Å². The first kappa shape index (κ1) is 19.4. The van der Waals surface area contributed by atoms with E-state index < -0.39 is 0 Å². The minimum Gasteiger partial charge on any atom is -0.300 e. The topological polar surface area (TPSA) is 17.1 Å². The number of unbranched alkanes of at least 4 members (excludes halogenated alkanes) is 7. The van der Waals surface area contributed by atoms with E-state index in [1.54, 1.807) is 0 Å². The fourth-order valence-electron chi connectivity index (χ4n) is 2.63. The molecule has 118 valence electrons. The van der Waals surface area contributed by atoms with Crippen LogP contribution in [0.5, 0.6) is 0 Å². The molecule has 20 heavy (non-hydrogen) atoms. The summed E-state index contributed by atoms with van der Waals surface area (Å²) < 4.78 is 0. The van der Waals surface area contributed by atoms with Gasteiger partial charge in [-0.25, -0.2) is 0 Å². The first-order valence-electron chi connectivity index (χ1n) is 8.88. The number of ketones is 1. The minimum absolute atomic E-state index is 0.467. The Morgan fingerprint density at radius 1 is 0.900 bits per heavy atom. The van der Waals surface area contributed by atoms with Gasteiger partial charge in [0.05, 0.1) is 0 Å². The lowest BCUT2D eigenvalue weighted by Gasteiger charge is -2.08. The molecule has 0 saturated heterocycles. The molecule has 0 fully saturated rings. The minimum atomic E-state index is 0.467. The van der Waals surface area contributed by atoms with E-state index in [4.69, 9.17) is 0 Å². The van der Waals surface area contributed by atoms with Gasteiger partial charge in [-0.15, -0.1) is 6.58 Å². The van der Waals surface area contributed by atoms with E-state index in [1.165, 1.54) is 44.9 Å². The van der Waals surface area contributed by atoms with Gasteiger partial charge in [0.25, 0.3) is 0 Å². The molecular weight excluding hydrogens is 244 g/mol. The molecule has 0 bridgehead atoms. The van der Waals surface area contributed by atoms with Crippen LogP contribution in [0.25, 0.3) is 0 Å². The molecule has 0 heterocycles. The van der Waals surface area contributed by atoms with Gasteiger partial charge < -0.3 is 0 Å². The third-order valence-corrected chi connectivity index (χ3v) is 4.20. The first-order valence-corrected chi connectivity index (χ1v) is 8.88. The summed E-state index contributed by atoms with van der Waals surface area (Å²) in [6, 6.07) is 0. The molecule has 1 nitrogen and oxygen atoms in total. The lowest BCUT2D eigenvalue weighted by molar-refractivity contribution is -0.119. The number of carbonyl (C=O) groups is 1. The molecule has 0 aromatic rings. The van der Waals surface area contributed by atoms with E-state index in [2.05, 4.69) is 20.4 Å². The summed E-state index contributed by atoms with van der Waals surface area (Å²) in [5, 5.41) is 0. The smallest absolute Gasteiger partial charge is 0.132 e. The molecule has 1 unspecified atom stereocenters. The van der Waals surface area contributed by atoms with Gasteiger partial charge >= 0.3 is 0 Å². The zero-order valence-electron chi connectivity index (χ0n) is 14.0. The second-order valence-electron chi connectivity index (χ2n) is 6.06. The van der Waals surface area contributed by atoms with Crippen molar-refractivity contribution in [3.05, 3.63) is 12.7 Å². The van der Waals surface area contributed by atoms with Gasteiger partial charge in [0, 0.05) is 12.8 Å². The summed E-state index contributed by atoms with van der Waals surface area (Å²) in [6.45, 7) is 8.28. The molecule has 0 aromatic carbocycles. The second-order valence-corrected chi connectivity index (χ2v) is 6.06. The zero-order valence-corrected chi connectivity index (χ0v) is 14.0. The summed E-state index contributed by atoms with van der Waals surface area (Å²) in [7, 11) is 0. The van der Waals surface area contributed by atoms with Crippen LogP contribution >= 0.6 is 0 Å². The first-order chi connectivity index (χ1) is 9.74. The summed E-state index contributed by atoms with van der Waals surface area (Å²) in [4.78, 5) is 11.7. The van der Waals surface area contributed by atoms with Crippen LogP contribution in [0.3, 0.4) is 0 Å². The fraction of sp³-hybridized carbons (Fsp3) is 0.842. The van der Waals surface area contributed by atoms with E-state index >= 15 is 0 Å². The van der Waals surface area contributed by atoms with Crippen molar-refractivity contribution in [2.24, 2.45) is 5.92 Å². The highest BCUT2D eigenvalue weighted by atomic mass is 16.1. The average molecular weight is 280 g/mol. The van der Waals surface area contributed by atoms with Gasteiger partial charge in [-0.2, -0.15) is 0 Å². The zero-order chi connectivity index (χ0) is 15.1. The Balaban J connectivity index is 3.30. The third-order valence-electron chi connectivity index (χ3n) is 4.20. The molecule has 1 atom stereocenters. The molecule has 0 amide bonds. The van der Waals surface area contributed by atoms with Crippen molar-refractivity contribution in [1.82, 2.24) is 0 Å². The number of Topliss-reactive ketones (excluding diaryl/α,β-unsaturated/α-hetero) is 1. The van der Waals surface area contributed by atoms with Crippen molar-refractivity contribution in [2.75, 3.05) is 0 Å². The van der Waals surface area contributed by atoms with E-state index in [1.807, 2.05) is 6.08 Å². The molecule has 0 aliphatic rings. The fourth-order valence-corrected chi connectivity index (χ4v) is 2.63. The predicted octanol–water partition coefficient (Wildman–Crippen LogP) is 6.47. The summed E-state index contributed by atoms with van der Waals surface area (Å²) in [6.07, 6.45) is 17.4. The van der Waals surface area contributed by atoms with Crippen molar-refractivity contribution in [1.29, 1.82) is 0 Å². The quantitative estimate of drug-likeness (QED) is 0.248. The van der Waals surface area contributed by atoms with Crippen LogP contribution in [0.15, 0.2) is 12.7 Å². The average Bonchev–Trinajstić information content (AvgIpc) is 2.46. The standard InChI is InChI=1S/C19H36O/c1-4-7-8-9-10-11-12-13-16-19(20)17-14-15-18(5-2)6-3/h5,18H,2,4,6-17H2,1,3H3. The molecular formula is C19H36O. The molecule has 0 N–H and O–H groups in total. The van der Waals surface area contributed by atoms with Gasteiger partial charge in [0.15, 0.2) is 0 Å². The van der Waals surface area contributed by atoms with Gasteiger partial charge in [0.1, 0.15) is 5.78 Å². The normalized spacial score (nSPS) is 12.3.